The van der Waals surface area contributed by atoms with Gasteiger partial charge in [-0.1, -0.05) is 12.1 Å². The number of nitrogens with zero attached hydrogens (tertiary/aromatic N) is 1. The lowest BCUT2D eigenvalue weighted by atomic mass is 9.95. The second-order valence-corrected chi connectivity index (χ2v) is 8.60. The molecule has 0 spiro atoms. The van der Waals surface area contributed by atoms with E-state index in [4.69, 9.17) is 0 Å². The number of phenols is 2. The van der Waals surface area contributed by atoms with Gasteiger partial charge in [-0.05, 0) is 74.1 Å². The first-order valence-corrected chi connectivity index (χ1v) is 11.2. The number of nitrogens with one attached hydrogen (secondary N) is 2. The highest BCUT2D eigenvalue weighted by Gasteiger charge is 2.20. The molecule has 4 rings (SSSR count). The molecule has 2 aromatic carbocycles. The molecule has 7 nitrogen and oxygen atoms in total. The average Bonchev–Trinajstić information content (AvgIpc) is 3.23. The third-order valence-electron chi connectivity index (χ3n) is 5.39. The van der Waals surface area contributed by atoms with Crippen LogP contribution >= 0.6 is 11.3 Å². The second kappa shape index (κ2) is 9.23. The van der Waals surface area contributed by atoms with E-state index < -0.39 is 5.91 Å². The summed E-state index contributed by atoms with van der Waals surface area (Å²) >= 11 is 1.65. The fraction of sp³-hybridized carbons (Fsp3) is 0.208. The van der Waals surface area contributed by atoms with Gasteiger partial charge in [0.05, 0.1) is 16.8 Å². The van der Waals surface area contributed by atoms with Crippen molar-refractivity contribution in [3.8, 4) is 11.5 Å². The van der Waals surface area contributed by atoms with Crippen molar-refractivity contribution in [2.75, 3.05) is 5.32 Å². The molecule has 8 heteroatoms. The van der Waals surface area contributed by atoms with Crippen LogP contribution in [0.1, 0.15) is 56.5 Å². The van der Waals surface area contributed by atoms with Crippen LogP contribution in [0.3, 0.4) is 0 Å². The Morgan fingerprint density at radius 1 is 1.00 bits per heavy atom. The molecule has 3 aromatic rings. The van der Waals surface area contributed by atoms with Crippen LogP contribution in [-0.2, 0) is 12.8 Å². The van der Waals surface area contributed by atoms with Crippen molar-refractivity contribution in [1.82, 2.24) is 5.43 Å². The molecule has 1 heterocycles. The molecule has 1 aromatic heterocycles. The first-order valence-electron chi connectivity index (χ1n) is 10.3. The minimum absolute atomic E-state index is 0.0818. The summed E-state index contributed by atoms with van der Waals surface area (Å²) in [5, 5.41) is 28.3. The number of rotatable bonds is 5. The largest absolute Gasteiger partial charge is 0.508 e. The Labute approximate surface area is 189 Å². The van der Waals surface area contributed by atoms with Gasteiger partial charge in [0.25, 0.3) is 11.8 Å². The van der Waals surface area contributed by atoms with Crippen molar-refractivity contribution in [3.05, 3.63) is 75.0 Å². The van der Waals surface area contributed by atoms with E-state index in [1.54, 1.807) is 36.5 Å². The van der Waals surface area contributed by atoms with E-state index in [-0.39, 0.29) is 23.0 Å². The van der Waals surface area contributed by atoms with E-state index in [1.807, 2.05) is 11.4 Å². The zero-order chi connectivity index (χ0) is 22.7. The molecule has 2 amide bonds. The number of aromatic hydroxyl groups is 2. The van der Waals surface area contributed by atoms with Crippen molar-refractivity contribution >= 4 is 34.6 Å². The van der Waals surface area contributed by atoms with Gasteiger partial charge in [-0.15, -0.1) is 11.3 Å². The SMILES string of the molecule is C/C(=N/NC(=O)c1cc(O)ccc1O)c1cccc(NC(=O)c2csc3c2CCCC3)c1. The maximum atomic E-state index is 12.8. The number of hydrogen-bond donors (Lipinski definition) is 4. The van der Waals surface area contributed by atoms with Crippen LogP contribution in [0.25, 0.3) is 0 Å². The van der Waals surface area contributed by atoms with Gasteiger partial charge in [-0.2, -0.15) is 5.10 Å². The Kier molecular flexibility index (Phi) is 6.23. The molecule has 0 saturated heterocycles. The smallest absolute Gasteiger partial charge is 0.275 e. The van der Waals surface area contributed by atoms with Crippen LogP contribution in [0.4, 0.5) is 5.69 Å². The third-order valence-corrected chi connectivity index (χ3v) is 6.48. The summed E-state index contributed by atoms with van der Waals surface area (Å²) in [6.45, 7) is 1.72. The van der Waals surface area contributed by atoms with Gasteiger partial charge in [0.1, 0.15) is 11.5 Å². The molecule has 0 unspecified atom stereocenters. The number of benzene rings is 2. The summed E-state index contributed by atoms with van der Waals surface area (Å²) in [5.74, 6) is -1.16. The quantitative estimate of drug-likeness (QED) is 0.262. The first kappa shape index (κ1) is 21.6. The van der Waals surface area contributed by atoms with Gasteiger partial charge in [0, 0.05) is 15.9 Å². The minimum Gasteiger partial charge on any atom is -0.508 e. The van der Waals surface area contributed by atoms with Crippen molar-refractivity contribution < 1.29 is 19.8 Å². The zero-order valence-electron chi connectivity index (χ0n) is 17.5. The Morgan fingerprint density at radius 2 is 1.81 bits per heavy atom. The van der Waals surface area contributed by atoms with Crippen LogP contribution in [0.2, 0.25) is 0 Å². The molecule has 0 bridgehead atoms. The summed E-state index contributed by atoms with van der Waals surface area (Å²) in [6, 6.07) is 10.9. The van der Waals surface area contributed by atoms with Gasteiger partial charge in [-0.3, -0.25) is 9.59 Å². The lowest BCUT2D eigenvalue weighted by Crippen LogP contribution is -2.19. The maximum Gasteiger partial charge on any atom is 0.275 e. The minimum atomic E-state index is -0.649. The normalized spacial score (nSPS) is 13.3. The van der Waals surface area contributed by atoms with Crippen LogP contribution in [0.15, 0.2) is 52.9 Å². The summed E-state index contributed by atoms with van der Waals surface area (Å²) in [5.41, 5.74) is 6.08. The zero-order valence-corrected chi connectivity index (χ0v) is 18.3. The third kappa shape index (κ3) is 4.65. The maximum absolute atomic E-state index is 12.8. The molecule has 32 heavy (non-hydrogen) atoms. The Balaban J connectivity index is 1.46. The second-order valence-electron chi connectivity index (χ2n) is 7.63. The predicted octanol–water partition coefficient (Wildman–Crippen LogP) is 4.44. The van der Waals surface area contributed by atoms with Crippen LogP contribution < -0.4 is 10.7 Å². The highest BCUT2D eigenvalue weighted by Crippen LogP contribution is 2.30. The number of anilines is 1. The van der Waals surface area contributed by atoms with E-state index in [9.17, 15) is 19.8 Å². The first-order chi connectivity index (χ1) is 15.4. The fourth-order valence-corrected chi connectivity index (χ4v) is 4.80. The number of fused-ring (bicyclic) bond motifs is 1. The van der Waals surface area contributed by atoms with Gasteiger partial charge < -0.3 is 15.5 Å². The molecule has 1 aliphatic rings. The van der Waals surface area contributed by atoms with Gasteiger partial charge in [0.15, 0.2) is 0 Å². The monoisotopic (exact) mass is 449 g/mol. The fourth-order valence-electron chi connectivity index (χ4n) is 3.67. The summed E-state index contributed by atoms with van der Waals surface area (Å²) < 4.78 is 0. The molecule has 4 N–H and O–H groups in total. The molecule has 164 valence electrons. The lowest BCUT2D eigenvalue weighted by Gasteiger charge is -2.13. The van der Waals surface area contributed by atoms with E-state index in [2.05, 4.69) is 15.8 Å². The summed E-state index contributed by atoms with van der Waals surface area (Å²) in [6.07, 6.45) is 4.28. The van der Waals surface area contributed by atoms with Gasteiger partial charge >= 0.3 is 0 Å². The van der Waals surface area contributed by atoms with Crippen LogP contribution in [0, 0.1) is 0 Å². The van der Waals surface area contributed by atoms with E-state index in [1.165, 1.54) is 29.0 Å². The number of hydrogen-bond acceptors (Lipinski definition) is 6. The lowest BCUT2D eigenvalue weighted by molar-refractivity contribution is 0.0951. The Morgan fingerprint density at radius 3 is 2.66 bits per heavy atom. The molecule has 0 aliphatic heterocycles. The highest BCUT2D eigenvalue weighted by atomic mass is 32.1. The molecule has 1 aliphatic carbocycles. The number of thiophene rings is 1. The number of aryl methyl sites for hydroxylation is 1. The number of carbonyl (C=O) groups excluding carboxylic acids is 2. The molecule has 0 atom stereocenters. The number of amides is 2. The van der Waals surface area contributed by atoms with Crippen molar-refractivity contribution in [2.24, 2.45) is 5.10 Å². The average molecular weight is 450 g/mol. The molecule has 0 fully saturated rings. The van der Waals surface area contributed by atoms with Crippen molar-refractivity contribution in [1.29, 1.82) is 0 Å². The molecule has 0 radical (unpaired) electrons. The summed E-state index contributed by atoms with van der Waals surface area (Å²) in [7, 11) is 0. The van der Waals surface area contributed by atoms with Gasteiger partial charge in [-0.25, -0.2) is 5.43 Å². The van der Waals surface area contributed by atoms with E-state index >= 15 is 0 Å². The van der Waals surface area contributed by atoms with Crippen molar-refractivity contribution in [2.45, 2.75) is 32.6 Å². The number of carbonyl (C=O) groups is 2. The standard InChI is InChI=1S/C24H23N3O4S/c1-14(26-27-24(31)19-12-17(28)9-10-21(19)29)15-5-4-6-16(11-15)25-23(30)20-13-32-22-8-3-2-7-18(20)22/h4-6,9-13,28-29H,2-3,7-8H2,1H3,(H,25,30)(H,27,31)/b26-14-. The van der Waals surface area contributed by atoms with Gasteiger partial charge in [0.2, 0.25) is 0 Å². The van der Waals surface area contributed by atoms with Crippen LogP contribution in [-0.4, -0.2) is 27.7 Å². The molecular formula is C24H23N3O4S. The summed E-state index contributed by atoms with van der Waals surface area (Å²) in [4.78, 5) is 26.4. The van der Waals surface area contributed by atoms with Crippen molar-refractivity contribution in [3.63, 3.8) is 0 Å². The van der Waals surface area contributed by atoms with E-state index in [0.717, 1.165) is 36.5 Å². The molecule has 0 saturated carbocycles. The topological polar surface area (TPSA) is 111 Å². The predicted molar refractivity (Wildman–Crippen MR) is 125 cm³/mol. The number of hydrazone groups is 1. The van der Waals surface area contributed by atoms with Crippen LogP contribution in [0.5, 0.6) is 11.5 Å². The molecular weight excluding hydrogens is 426 g/mol. The Hall–Kier alpha value is -3.65. The highest BCUT2D eigenvalue weighted by molar-refractivity contribution is 7.10. The van der Waals surface area contributed by atoms with E-state index in [0.29, 0.717) is 11.4 Å². The Bertz CT molecular complexity index is 1220. The number of phenolic OH excluding ortho intramolecular Hbond substituents is 2.